The lowest BCUT2D eigenvalue weighted by Gasteiger charge is -2.30. The number of methoxy groups -OCH3 is 2. The molecule has 9 nitrogen and oxygen atoms in total. The van der Waals surface area contributed by atoms with E-state index in [0.717, 1.165) is 12.0 Å². The number of Topliss-reactive ketones (excluding diaryl/α,β-unsaturated/α-hetero) is 1. The van der Waals surface area contributed by atoms with E-state index in [0.29, 0.717) is 70.8 Å². The Labute approximate surface area is 195 Å². The third-order valence-corrected chi connectivity index (χ3v) is 6.27. The van der Waals surface area contributed by atoms with Crippen molar-refractivity contribution in [3.05, 3.63) is 77.0 Å². The number of hydrogen-bond donors (Lipinski definition) is 0. The molecule has 0 bridgehead atoms. The minimum Gasteiger partial charge on any atom is -0.493 e. The molecular formula is C25H22N4O5. The minimum absolute atomic E-state index is 0.0698. The van der Waals surface area contributed by atoms with Gasteiger partial charge in [0.1, 0.15) is 17.8 Å². The van der Waals surface area contributed by atoms with Gasteiger partial charge in [0.15, 0.2) is 28.8 Å². The number of carbonyl (C=O) groups excluding carboxylic acids is 1. The first-order chi connectivity index (χ1) is 16.7. The van der Waals surface area contributed by atoms with Crippen LogP contribution in [0.15, 0.2) is 58.7 Å². The van der Waals surface area contributed by atoms with Crippen LogP contribution in [0.2, 0.25) is 0 Å². The molecule has 0 saturated heterocycles. The molecule has 1 unspecified atom stereocenters. The Hall–Kier alpha value is -4.14. The molecule has 172 valence electrons. The third-order valence-electron chi connectivity index (χ3n) is 6.27. The van der Waals surface area contributed by atoms with Gasteiger partial charge in [0.05, 0.1) is 32.0 Å². The van der Waals surface area contributed by atoms with Crippen molar-refractivity contribution in [1.82, 2.24) is 19.6 Å². The summed E-state index contributed by atoms with van der Waals surface area (Å²) in [7, 11) is 3.21. The number of allylic oxidation sites excluding steroid dienone is 2. The van der Waals surface area contributed by atoms with E-state index in [2.05, 4.69) is 10.1 Å². The number of fused-ring (bicyclic) bond motifs is 3. The highest BCUT2D eigenvalue weighted by Gasteiger charge is 2.40. The number of ether oxygens (including phenoxy) is 3. The van der Waals surface area contributed by atoms with Crippen molar-refractivity contribution in [2.75, 3.05) is 14.2 Å². The normalized spacial score (nSPS) is 17.4. The van der Waals surface area contributed by atoms with Crippen LogP contribution in [0, 0.1) is 0 Å². The Kier molecular flexibility index (Phi) is 4.83. The van der Waals surface area contributed by atoms with Gasteiger partial charge in [0.2, 0.25) is 5.88 Å². The number of nitrogens with zero attached hydrogens (tertiary/aromatic N) is 4. The molecule has 1 aromatic carbocycles. The van der Waals surface area contributed by atoms with Gasteiger partial charge >= 0.3 is 0 Å². The maximum Gasteiger partial charge on any atom is 0.228 e. The molecule has 1 aliphatic carbocycles. The Morgan fingerprint density at radius 2 is 2.03 bits per heavy atom. The average Bonchev–Trinajstić information content (AvgIpc) is 3.52. The van der Waals surface area contributed by atoms with Crippen molar-refractivity contribution in [3.8, 4) is 17.4 Å². The lowest BCUT2D eigenvalue weighted by molar-refractivity contribution is -0.116. The van der Waals surface area contributed by atoms with Crippen molar-refractivity contribution in [3.63, 3.8) is 0 Å². The largest absolute Gasteiger partial charge is 0.493 e. The van der Waals surface area contributed by atoms with Gasteiger partial charge in [0, 0.05) is 24.8 Å². The smallest absolute Gasteiger partial charge is 0.228 e. The highest BCUT2D eigenvalue weighted by Crippen LogP contribution is 2.47. The van der Waals surface area contributed by atoms with Crippen molar-refractivity contribution < 1.29 is 23.4 Å². The van der Waals surface area contributed by atoms with E-state index in [-0.39, 0.29) is 5.78 Å². The lowest BCUT2D eigenvalue weighted by atomic mass is 9.80. The Bertz CT molecular complexity index is 1440. The van der Waals surface area contributed by atoms with E-state index in [1.54, 1.807) is 31.3 Å². The van der Waals surface area contributed by atoms with Crippen molar-refractivity contribution in [1.29, 1.82) is 0 Å². The lowest BCUT2D eigenvalue weighted by Crippen LogP contribution is -2.26. The monoisotopic (exact) mass is 458 g/mol. The second-order valence-corrected chi connectivity index (χ2v) is 8.29. The van der Waals surface area contributed by atoms with Crippen molar-refractivity contribution in [2.45, 2.75) is 31.6 Å². The summed E-state index contributed by atoms with van der Waals surface area (Å²) in [5.74, 6) is 3.31. The molecule has 0 radical (unpaired) electrons. The number of furan rings is 1. The first-order valence-corrected chi connectivity index (χ1v) is 11.1. The summed E-state index contributed by atoms with van der Waals surface area (Å²) in [4.78, 5) is 22.3. The van der Waals surface area contributed by atoms with Gasteiger partial charge in [0.25, 0.3) is 0 Å². The molecule has 4 aromatic rings. The molecule has 0 fully saturated rings. The summed E-state index contributed by atoms with van der Waals surface area (Å²) in [5.41, 5.74) is 2.89. The van der Waals surface area contributed by atoms with E-state index in [4.69, 9.17) is 23.6 Å². The molecule has 0 saturated carbocycles. The number of benzene rings is 1. The molecule has 6 rings (SSSR count). The van der Waals surface area contributed by atoms with Crippen LogP contribution in [0.4, 0.5) is 0 Å². The Morgan fingerprint density at radius 3 is 2.82 bits per heavy atom. The number of hydrogen-bond acceptors (Lipinski definition) is 8. The summed E-state index contributed by atoms with van der Waals surface area (Å²) in [6, 6.07) is 9.41. The van der Waals surface area contributed by atoms with Crippen LogP contribution < -0.4 is 14.2 Å². The number of aromatic nitrogens is 4. The fraction of sp³-hybridized carbons (Fsp3) is 0.280. The molecule has 1 aliphatic heterocycles. The molecule has 0 spiro atoms. The molecule has 1 atom stereocenters. The van der Waals surface area contributed by atoms with Crippen molar-refractivity contribution >= 4 is 11.4 Å². The third kappa shape index (κ3) is 3.23. The van der Waals surface area contributed by atoms with Crippen LogP contribution in [0.25, 0.3) is 5.65 Å². The van der Waals surface area contributed by atoms with Gasteiger partial charge in [-0.2, -0.15) is 0 Å². The predicted molar refractivity (Wildman–Crippen MR) is 120 cm³/mol. The zero-order valence-electron chi connectivity index (χ0n) is 18.8. The minimum atomic E-state index is -0.434. The van der Waals surface area contributed by atoms with E-state index < -0.39 is 5.92 Å². The molecule has 3 aromatic heterocycles. The van der Waals surface area contributed by atoms with E-state index in [9.17, 15) is 4.79 Å². The topological polar surface area (TPSA) is 101 Å². The zero-order chi connectivity index (χ0) is 23.2. The average molecular weight is 458 g/mol. The van der Waals surface area contributed by atoms with Crippen LogP contribution in [0.5, 0.6) is 17.4 Å². The van der Waals surface area contributed by atoms with E-state index in [1.165, 1.54) is 0 Å². The summed E-state index contributed by atoms with van der Waals surface area (Å²) in [6.07, 6.45) is 5.63. The van der Waals surface area contributed by atoms with Gasteiger partial charge < -0.3 is 18.6 Å². The van der Waals surface area contributed by atoms with Gasteiger partial charge in [-0.1, -0.05) is 6.07 Å². The van der Waals surface area contributed by atoms with E-state index >= 15 is 0 Å². The standard InChI is InChI=1S/C25H22N4O5/c1-31-16-9-8-14(11-19(16)32-2)12-20-27-24-23-22(17-7-4-10-33-17)21-15(30)5-3-6-18(21)34-25(23)26-13-29(24)28-20/h4,7-11,13,22H,3,5-6,12H2,1-2H3. The second kappa shape index (κ2) is 8.02. The van der Waals surface area contributed by atoms with Crippen LogP contribution >= 0.6 is 0 Å². The van der Waals surface area contributed by atoms with Crippen LogP contribution in [0.3, 0.4) is 0 Å². The fourth-order valence-electron chi connectivity index (χ4n) is 4.75. The van der Waals surface area contributed by atoms with E-state index in [1.807, 2.05) is 30.3 Å². The molecular weight excluding hydrogens is 436 g/mol. The molecule has 34 heavy (non-hydrogen) atoms. The highest BCUT2D eigenvalue weighted by molar-refractivity contribution is 5.99. The van der Waals surface area contributed by atoms with Crippen LogP contribution in [0.1, 0.15) is 47.9 Å². The van der Waals surface area contributed by atoms with Gasteiger partial charge in [-0.05, 0) is 36.2 Å². The van der Waals surface area contributed by atoms with Crippen molar-refractivity contribution in [2.24, 2.45) is 0 Å². The zero-order valence-corrected chi connectivity index (χ0v) is 18.8. The van der Waals surface area contributed by atoms with Gasteiger partial charge in [-0.25, -0.2) is 14.5 Å². The first kappa shape index (κ1) is 20.5. The SMILES string of the molecule is COc1ccc(Cc2nc3c4c(ncn3n2)OC2=C(C(=O)CCC2)C4c2ccco2)cc1OC. The number of ketones is 1. The fourth-order valence-corrected chi connectivity index (χ4v) is 4.75. The number of rotatable bonds is 5. The second-order valence-electron chi connectivity index (χ2n) is 8.29. The summed E-state index contributed by atoms with van der Waals surface area (Å²) >= 11 is 0. The quantitative estimate of drug-likeness (QED) is 0.444. The maximum atomic E-state index is 13.0. The Morgan fingerprint density at radius 1 is 1.15 bits per heavy atom. The first-order valence-electron chi connectivity index (χ1n) is 11.1. The molecule has 2 aliphatic rings. The predicted octanol–water partition coefficient (Wildman–Crippen LogP) is 3.86. The van der Waals surface area contributed by atoms with Gasteiger partial charge in [-0.3, -0.25) is 4.79 Å². The molecule has 0 N–H and O–H groups in total. The summed E-state index contributed by atoms with van der Waals surface area (Å²) in [5, 5.41) is 4.64. The highest BCUT2D eigenvalue weighted by atomic mass is 16.5. The Balaban J connectivity index is 1.46. The molecule has 4 heterocycles. The molecule has 0 amide bonds. The number of carbonyl (C=O) groups is 1. The van der Waals surface area contributed by atoms with Crippen LogP contribution in [-0.4, -0.2) is 39.6 Å². The maximum absolute atomic E-state index is 13.0. The van der Waals surface area contributed by atoms with Gasteiger partial charge in [-0.15, -0.1) is 5.10 Å². The summed E-state index contributed by atoms with van der Waals surface area (Å²) < 4.78 is 24.3. The molecule has 9 heteroatoms. The van der Waals surface area contributed by atoms with Crippen LogP contribution in [-0.2, 0) is 11.2 Å². The summed E-state index contributed by atoms with van der Waals surface area (Å²) in [6.45, 7) is 0.